The number of halogens is 3. The van der Waals surface area contributed by atoms with Gasteiger partial charge in [-0.1, -0.05) is 22.0 Å². The highest BCUT2D eigenvalue weighted by molar-refractivity contribution is 9.10. The van der Waals surface area contributed by atoms with Crippen LogP contribution in [0.15, 0.2) is 28.7 Å². The number of aromatic nitrogens is 1. The van der Waals surface area contributed by atoms with Crippen molar-refractivity contribution in [3.8, 4) is 0 Å². The predicted molar refractivity (Wildman–Crippen MR) is 104 cm³/mol. The van der Waals surface area contributed by atoms with Crippen LogP contribution in [0.25, 0.3) is 10.9 Å². The van der Waals surface area contributed by atoms with E-state index in [1.165, 1.54) is 0 Å². The molecule has 3 heterocycles. The molecule has 0 spiro atoms. The van der Waals surface area contributed by atoms with Crippen LogP contribution in [0.5, 0.6) is 0 Å². The van der Waals surface area contributed by atoms with Gasteiger partial charge in [0.05, 0.1) is 11.1 Å². The molecule has 7 heteroatoms. The third kappa shape index (κ3) is 3.40. The van der Waals surface area contributed by atoms with Gasteiger partial charge in [-0.15, -0.1) is 24.8 Å². The van der Waals surface area contributed by atoms with Crippen molar-refractivity contribution in [3.05, 3.63) is 40.0 Å². The molecule has 2 aliphatic heterocycles. The Morgan fingerprint density at radius 3 is 2.54 bits per heavy atom. The lowest BCUT2D eigenvalue weighted by Gasteiger charge is -2.19. The van der Waals surface area contributed by atoms with E-state index in [0.29, 0.717) is 11.8 Å². The minimum atomic E-state index is 0. The minimum Gasteiger partial charge on any atom is -0.338 e. The fraction of sp³-hybridized carbons (Fsp3) is 0.412. The zero-order valence-electron chi connectivity index (χ0n) is 13.3. The summed E-state index contributed by atoms with van der Waals surface area (Å²) in [7, 11) is 0. The van der Waals surface area contributed by atoms with Gasteiger partial charge in [0.2, 0.25) is 0 Å². The number of hydrogen-bond donors (Lipinski definition) is 1. The first-order chi connectivity index (χ1) is 10.6. The molecule has 0 aliphatic carbocycles. The Morgan fingerprint density at radius 2 is 1.88 bits per heavy atom. The molecule has 2 saturated heterocycles. The van der Waals surface area contributed by atoms with Crippen LogP contribution in [0.1, 0.15) is 16.1 Å². The van der Waals surface area contributed by atoms with E-state index in [1.807, 2.05) is 36.1 Å². The zero-order chi connectivity index (χ0) is 15.3. The molecule has 2 fully saturated rings. The number of hydrogen-bond acceptors (Lipinski definition) is 3. The molecule has 0 bridgehead atoms. The van der Waals surface area contributed by atoms with E-state index < -0.39 is 0 Å². The molecule has 1 amide bonds. The van der Waals surface area contributed by atoms with E-state index in [9.17, 15) is 4.79 Å². The van der Waals surface area contributed by atoms with Crippen LogP contribution >= 0.6 is 40.7 Å². The number of carbonyl (C=O) groups is 1. The summed E-state index contributed by atoms with van der Waals surface area (Å²) < 4.78 is 0.985. The summed E-state index contributed by atoms with van der Waals surface area (Å²) in [5.41, 5.74) is 2.54. The predicted octanol–water partition coefficient (Wildman–Crippen LogP) is 3.44. The number of likely N-dealkylation sites (tertiary alicyclic amines) is 1. The average molecular weight is 433 g/mol. The fourth-order valence-corrected chi connectivity index (χ4v) is 4.05. The number of benzene rings is 1. The van der Waals surface area contributed by atoms with Crippen molar-refractivity contribution in [2.45, 2.75) is 6.92 Å². The maximum Gasteiger partial charge on any atom is 0.254 e. The van der Waals surface area contributed by atoms with Crippen LogP contribution in [0, 0.1) is 18.8 Å². The van der Waals surface area contributed by atoms with Gasteiger partial charge in [0.25, 0.3) is 5.91 Å². The average Bonchev–Trinajstić information content (AvgIpc) is 3.06. The maximum atomic E-state index is 13.0. The summed E-state index contributed by atoms with van der Waals surface area (Å²) in [5.74, 6) is 1.38. The number of carbonyl (C=O) groups excluding carboxylic acids is 1. The molecule has 1 aromatic carbocycles. The van der Waals surface area contributed by atoms with E-state index >= 15 is 0 Å². The number of nitrogens with zero attached hydrogens (tertiary/aromatic N) is 2. The van der Waals surface area contributed by atoms with Crippen LogP contribution in [0.3, 0.4) is 0 Å². The Kier molecular flexibility index (Phi) is 6.13. The van der Waals surface area contributed by atoms with E-state index in [0.717, 1.165) is 52.8 Å². The quantitative estimate of drug-likeness (QED) is 0.750. The van der Waals surface area contributed by atoms with Gasteiger partial charge in [-0.2, -0.15) is 0 Å². The second kappa shape index (κ2) is 7.56. The fourth-order valence-electron chi connectivity index (χ4n) is 3.70. The number of pyridine rings is 1. The third-order valence-corrected chi connectivity index (χ3v) is 5.30. The van der Waals surface area contributed by atoms with E-state index in [1.54, 1.807) is 0 Å². The summed E-state index contributed by atoms with van der Waals surface area (Å²) in [4.78, 5) is 19.6. The molecule has 2 aromatic rings. The lowest BCUT2D eigenvalue weighted by Crippen LogP contribution is -2.32. The van der Waals surface area contributed by atoms with Crippen LogP contribution in [-0.2, 0) is 0 Å². The first kappa shape index (κ1) is 19.4. The number of nitrogens with one attached hydrogen (secondary N) is 1. The van der Waals surface area contributed by atoms with Crippen molar-refractivity contribution in [3.63, 3.8) is 0 Å². The molecule has 4 nitrogen and oxygen atoms in total. The Balaban J connectivity index is 0.00000104. The number of amides is 1. The maximum absolute atomic E-state index is 13.0. The first-order valence-electron chi connectivity index (χ1n) is 7.69. The van der Waals surface area contributed by atoms with Gasteiger partial charge in [0, 0.05) is 41.7 Å². The molecule has 1 N–H and O–H groups in total. The standard InChI is InChI=1S/C17H18BrN3O.2ClH/c1-10-4-15(14-3-2-13(18)5-16(14)20-10)17(22)21-8-11-6-19-7-12(11)9-21;;/h2-5,11-12,19H,6-9H2,1H3;2*1H/t11-,12+;;. The molecule has 2 aliphatic rings. The summed E-state index contributed by atoms with van der Waals surface area (Å²) in [6.45, 7) is 5.76. The summed E-state index contributed by atoms with van der Waals surface area (Å²) in [6.07, 6.45) is 0. The lowest BCUT2D eigenvalue weighted by atomic mass is 10.0. The normalized spacial score (nSPS) is 22.0. The van der Waals surface area contributed by atoms with Crippen LogP contribution < -0.4 is 5.32 Å². The molecular formula is C17H20BrCl2N3O. The van der Waals surface area contributed by atoms with Gasteiger partial charge in [0.1, 0.15) is 0 Å². The van der Waals surface area contributed by atoms with Gasteiger partial charge in [-0.3, -0.25) is 9.78 Å². The molecule has 1 aromatic heterocycles. The third-order valence-electron chi connectivity index (χ3n) is 4.81. The SMILES string of the molecule is Cc1cc(C(=O)N2C[C@H]3CNC[C@H]3C2)c2ccc(Br)cc2n1.Cl.Cl. The summed E-state index contributed by atoms with van der Waals surface area (Å²) in [6, 6.07) is 7.85. The Hall–Kier alpha value is -0.880. The van der Waals surface area contributed by atoms with Gasteiger partial charge in [-0.25, -0.2) is 0 Å². The van der Waals surface area contributed by atoms with Crippen molar-refractivity contribution in [1.82, 2.24) is 15.2 Å². The van der Waals surface area contributed by atoms with Gasteiger partial charge in [-0.05, 0) is 37.0 Å². The topological polar surface area (TPSA) is 45.2 Å². The molecule has 0 saturated carbocycles. The van der Waals surface area contributed by atoms with Crippen molar-refractivity contribution in [2.75, 3.05) is 26.2 Å². The van der Waals surface area contributed by atoms with Crippen molar-refractivity contribution >= 4 is 57.6 Å². The van der Waals surface area contributed by atoms with Gasteiger partial charge < -0.3 is 10.2 Å². The first-order valence-corrected chi connectivity index (χ1v) is 8.48. The highest BCUT2D eigenvalue weighted by Gasteiger charge is 2.38. The zero-order valence-corrected chi connectivity index (χ0v) is 16.5. The van der Waals surface area contributed by atoms with Gasteiger partial charge in [0.15, 0.2) is 0 Å². The monoisotopic (exact) mass is 431 g/mol. The number of aryl methyl sites for hydroxylation is 1. The minimum absolute atomic E-state index is 0. The smallest absolute Gasteiger partial charge is 0.254 e. The number of fused-ring (bicyclic) bond motifs is 2. The number of rotatable bonds is 1. The van der Waals surface area contributed by atoms with Gasteiger partial charge >= 0.3 is 0 Å². The summed E-state index contributed by atoms with van der Waals surface area (Å²) in [5, 5.41) is 4.35. The van der Waals surface area contributed by atoms with E-state index in [-0.39, 0.29) is 30.7 Å². The second-order valence-corrected chi connectivity index (χ2v) is 7.28. The highest BCUT2D eigenvalue weighted by Crippen LogP contribution is 2.29. The van der Waals surface area contributed by atoms with Crippen molar-refractivity contribution < 1.29 is 4.79 Å². The Bertz CT molecular complexity index is 754. The molecule has 0 unspecified atom stereocenters. The van der Waals surface area contributed by atoms with Crippen LogP contribution in [0.2, 0.25) is 0 Å². The molecule has 4 rings (SSSR count). The van der Waals surface area contributed by atoms with E-state index in [2.05, 4.69) is 26.2 Å². The van der Waals surface area contributed by atoms with Crippen LogP contribution in [-0.4, -0.2) is 42.0 Å². The Labute approximate surface area is 162 Å². The summed E-state index contributed by atoms with van der Waals surface area (Å²) >= 11 is 3.48. The largest absolute Gasteiger partial charge is 0.338 e. The molecule has 0 radical (unpaired) electrons. The van der Waals surface area contributed by atoms with Crippen molar-refractivity contribution in [1.29, 1.82) is 0 Å². The van der Waals surface area contributed by atoms with Crippen molar-refractivity contribution in [2.24, 2.45) is 11.8 Å². The lowest BCUT2D eigenvalue weighted by molar-refractivity contribution is 0.0783. The molecule has 2 atom stereocenters. The molecule has 24 heavy (non-hydrogen) atoms. The van der Waals surface area contributed by atoms with E-state index in [4.69, 9.17) is 0 Å². The Morgan fingerprint density at radius 1 is 1.21 bits per heavy atom. The van der Waals surface area contributed by atoms with Crippen LogP contribution in [0.4, 0.5) is 0 Å². The molecular weight excluding hydrogens is 413 g/mol. The second-order valence-electron chi connectivity index (χ2n) is 6.36. The molecule has 130 valence electrons. The highest BCUT2D eigenvalue weighted by atomic mass is 79.9.